The second-order valence-corrected chi connectivity index (χ2v) is 7.39. The number of halogens is 1. The molecule has 2 N–H and O–H groups in total. The predicted octanol–water partition coefficient (Wildman–Crippen LogP) is 4.36. The highest BCUT2D eigenvalue weighted by Crippen LogP contribution is 2.40. The third kappa shape index (κ3) is 8.20. The summed E-state index contributed by atoms with van der Waals surface area (Å²) in [5, 5.41) is 6.94. The Morgan fingerprint density at radius 1 is 1.07 bits per heavy atom. The van der Waals surface area contributed by atoms with Gasteiger partial charge in [-0.05, 0) is 56.2 Å². The highest BCUT2D eigenvalue weighted by molar-refractivity contribution is 14.0. The van der Waals surface area contributed by atoms with E-state index in [1.165, 1.54) is 25.7 Å². The minimum Gasteiger partial charge on any atom is -0.493 e. The largest absolute Gasteiger partial charge is 0.493 e. The molecule has 29 heavy (non-hydrogen) atoms. The van der Waals surface area contributed by atoms with Crippen molar-refractivity contribution in [2.45, 2.75) is 52.5 Å². The molecule has 1 aliphatic rings. The molecule has 1 aromatic rings. The van der Waals surface area contributed by atoms with Gasteiger partial charge in [0, 0.05) is 26.3 Å². The number of benzene rings is 1. The Morgan fingerprint density at radius 2 is 1.79 bits per heavy atom. The van der Waals surface area contributed by atoms with Crippen LogP contribution in [-0.2, 0) is 11.3 Å². The van der Waals surface area contributed by atoms with Crippen LogP contribution in [0.25, 0.3) is 0 Å². The van der Waals surface area contributed by atoms with Crippen molar-refractivity contribution >= 4 is 29.9 Å². The fourth-order valence-corrected chi connectivity index (χ4v) is 3.84. The molecule has 0 aliphatic heterocycles. The summed E-state index contributed by atoms with van der Waals surface area (Å²) in [7, 11) is 3.30. The second kappa shape index (κ2) is 13.9. The lowest BCUT2D eigenvalue weighted by molar-refractivity contribution is 0.105. The minimum atomic E-state index is 0. The number of hydrogen-bond acceptors (Lipinski definition) is 4. The molecule has 0 saturated heterocycles. The zero-order valence-electron chi connectivity index (χ0n) is 18.4. The van der Waals surface area contributed by atoms with E-state index in [2.05, 4.69) is 24.5 Å². The zero-order valence-corrected chi connectivity index (χ0v) is 20.7. The number of guanidine groups is 1. The summed E-state index contributed by atoms with van der Waals surface area (Å²) in [6.45, 7) is 8.15. The number of nitrogens with one attached hydrogen (secondary N) is 2. The summed E-state index contributed by atoms with van der Waals surface area (Å²) in [6, 6.07) is 5.92. The molecular weight excluding hydrogens is 481 g/mol. The van der Waals surface area contributed by atoms with Crippen molar-refractivity contribution in [1.82, 2.24) is 10.6 Å². The molecule has 6 nitrogen and oxygen atoms in total. The van der Waals surface area contributed by atoms with Gasteiger partial charge >= 0.3 is 0 Å². The highest BCUT2D eigenvalue weighted by Gasteiger charge is 2.33. The van der Waals surface area contributed by atoms with Crippen LogP contribution >= 0.6 is 24.0 Å². The first kappa shape index (κ1) is 25.8. The van der Waals surface area contributed by atoms with Gasteiger partial charge in [-0.15, -0.1) is 24.0 Å². The van der Waals surface area contributed by atoms with Gasteiger partial charge in [-0.25, -0.2) is 4.99 Å². The number of rotatable bonds is 11. The molecule has 1 aromatic carbocycles. The third-order valence-electron chi connectivity index (χ3n) is 5.49. The van der Waals surface area contributed by atoms with Crippen LogP contribution in [0.2, 0.25) is 0 Å². The Balaban J connectivity index is 0.00000420. The molecule has 166 valence electrons. The Kier molecular flexibility index (Phi) is 12.4. The van der Waals surface area contributed by atoms with Crippen molar-refractivity contribution in [2.75, 3.05) is 40.5 Å². The summed E-state index contributed by atoms with van der Waals surface area (Å²) in [5.41, 5.74) is 1.41. The molecule has 0 unspecified atom stereocenters. The minimum absolute atomic E-state index is 0. The fraction of sp³-hybridized carbons (Fsp3) is 0.682. The standard InChI is InChI=1S/C22H37N3O3.HI/c1-5-23-21(24-16-18-9-10-19(26-3)20(15-18)27-4)25-17-22(11-7-8-12-22)13-14-28-6-2;/h9-10,15H,5-8,11-14,16-17H2,1-4H3,(H2,23,24,25);1H. The number of aliphatic imine (C=N–C) groups is 1. The maximum atomic E-state index is 5.63. The predicted molar refractivity (Wildman–Crippen MR) is 130 cm³/mol. The van der Waals surface area contributed by atoms with Crippen LogP contribution in [0.15, 0.2) is 23.2 Å². The topological polar surface area (TPSA) is 64.1 Å². The first-order valence-electron chi connectivity index (χ1n) is 10.5. The molecule has 1 fully saturated rings. The van der Waals surface area contributed by atoms with Crippen LogP contribution in [0.3, 0.4) is 0 Å². The molecule has 0 heterocycles. The van der Waals surface area contributed by atoms with Crippen molar-refractivity contribution in [3.63, 3.8) is 0 Å². The van der Waals surface area contributed by atoms with E-state index >= 15 is 0 Å². The van der Waals surface area contributed by atoms with E-state index in [9.17, 15) is 0 Å². The van der Waals surface area contributed by atoms with Crippen LogP contribution in [0, 0.1) is 5.41 Å². The monoisotopic (exact) mass is 519 g/mol. The van der Waals surface area contributed by atoms with Gasteiger partial charge in [0.25, 0.3) is 0 Å². The van der Waals surface area contributed by atoms with E-state index in [4.69, 9.17) is 19.2 Å². The van der Waals surface area contributed by atoms with E-state index in [0.717, 1.165) is 55.7 Å². The molecule has 0 aromatic heterocycles. The van der Waals surface area contributed by atoms with Crippen LogP contribution in [0.5, 0.6) is 11.5 Å². The summed E-state index contributed by atoms with van der Waals surface area (Å²) in [6.07, 6.45) is 6.27. The zero-order chi connectivity index (χ0) is 20.2. The van der Waals surface area contributed by atoms with Gasteiger partial charge < -0.3 is 24.8 Å². The Morgan fingerprint density at radius 3 is 2.41 bits per heavy atom. The summed E-state index contributed by atoms with van der Waals surface area (Å²) < 4.78 is 16.3. The van der Waals surface area contributed by atoms with E-state index in [0.29, 0.717) is 12.0 Å². The first-order valence-corrected chi connectivity index (χ1v) is 10.5. The van der Waals surface area contributed by atoms with Crippen molar-refractivity contribution in [3.8, 4) is 11.5 Å². The average Bonchev–Trinajstić information content (AvgIpc) is 3.19. The average molecular weight is 519 g/mol. The Labute approximate surface area is 193 Å². The highest BCUT2D eigenvalue weighted by atomic mass is 127. The van der Waals surface area contributed by atoms with Gasteiger partial charge in [-0.3, -0.25) is 0 Å². The molecule has 0 atom stereocenters. The fourth-order valence-electron chi connectivity index (χ4n) is 3.84. The van der Waals surface area contributed by atoms with Crippen molar-refractivity contribution in [1.29, 1.82) is 0 Å². The van der Waals surface area contributed by atoms with Crippen molar-refractivity contribution in [2.24, 2.45) is 10.4 Å². The number of hydrogen-bond donors (Lipinski definition) is 2. The molecule has 1 aliphatic carbocycles. The number of nitrogens with zero attached hydrogens (tertiary/aromatic N) is 1. The van der Waals surface area contributed by atoms with E-state index in [1.54, 1.807) is 14.2 Å². The van der Waals surface area contributed by atoms with Gasteiger partial charge in [0.1, 0.15) is 0 Å². The van der Waals surface area contributed by atoms with Gasteiger partial charge in [0.05, 0.1) is 20.8 Å². The van der Waals surface area contributed by atoms with Crippen LogP contribution in [0.4, 0.5) is 0 Å². The van der Waals surface area contributed by atoms with Crippen molar-refractivity contribution < 1.29 is 14.2 Å². The molecule has 2 rings (SSSR count). The van der Waals surface area contributed by atoms with E-state index < -0.39 is 0 Å². The number of ether oxygens (including phenoxy) is 3. The van der Waals surface area contributed by atoms with Gasteiger partial charge in [-0.1, -0.05) is 18.9 Å². The quantitative estimate of drug-likeness (QED) is 0.197. The molecule has 0 bridgehead atoms. The molecule has 0 amide bonds. The SMILES string of the molecule is CCNC(=NCc1ccc(OC)c(OC)c1)NCC1(CCOCC)CCCC1.I. The summed E-state index contributed by atoms with van der Waals surface area (Å²) in [5.74, 6) is 2.33. The summed E-state index contributed by atoms with van der Waals surface area (Å²) >= 11 is 0. The maximum absolute atomic E-state index is 5.63. The lowest BCUT2D eigenvalue weighted by Crippen LogP contribution is -2.43. The lowest BCUT2D eigenvalue weighted by atomic mass is 9.83. The number of methoxy groups -OCH3 is 2. The van der Waals surface area contributed by atoms with E-state index in [1.807, 2.05) is 18.2 Å². The van der Waals surface area contributed by atoms with Crippen LogP contribution in [-0.4, -0.2) is 46.5 Å². The lowest BCUT2D eigenvalue weighted by Gasteiger charge is -2.30. The van der Waals surface area contributed by atoms with Crippen molar-refractivity contribution in [3.05, 3.63) is 23.8 Å². The molecule has 0 radical (unpaired) electrons. The molecule has 0 spiro atoms. The first-order chi connectivity index (χ1) is 13.7. The van der Waals surface area contributed by atoms with E-state index in [-0.39, 0.29) is 24.0 Å². The van der Waals surface area contributed by atoms with Gasteiger partial charge in [-0.2, -0.15) is 0 Å². The molecule has 1 saturated carbocycles. The summed E-state index contributed by atoms with van der Waals surface area (Å²) in [4.78, 5) is 4.77. The van der Waals surface area contributed by atoms with Gasteiger partial charge in [0.15, 0.2) is 17.5 Å². The Bertz CT molecular complexity index is 619. The maximum Gasteiger partial charge on any atom is 0.191 e. The molecular formula is C22H38IN3O3. The smallest absolute Gasteiger partial charge is 0.191 e. The third-order valence-corrected chi connectivity index (χ3v) is 5.49. The van der Waals surface area contributed by atoms with Crippen LogP contribution in [0.1, 0.15) is 51.5 Å². The van der Waals surface area contributed by atoms with Gasteiger partial charge in [0.2, 0.25) is 0 Å². The Hall–Kier alpha value is -1.22. The van der Waals surface area contributed by atoms with Crippen LogP contribution < -0.4 is 20.1 Å². The molecule has 7 heteroatoms. The normalized spacial score (nSPS) is 15.5. The second-order valence-electron chi connectivity index (χ2n) is 7.39.